The molecule has 2 aromatic rings. The fraction of sp³-hybridized carbons (Fsp3) is 0.300. The van der Waals surface area contributed by atoms with E-state index >= 15 is 0 Å². The van der Waals surface area contributed by atoms with E-state index in [1.165, 1.54) is 0 Å². The Morgan fingerprint density at radius 1 is 1.40 bits per heavy atom. The molecule has 0 aliphatic heterocycles. The Bertz CT molecular complexity index is 527. The highest BCUT2D eigenvalue weighted by atomic mass is 16.4. The highest BCUT2D eigenvalue weighted by Gasteiger charge is 2.12. The second-order valence-electron chi connectivity index (χ2n) is 3.66. The maximum atomic E-state index is 10.9. The Hall–Kier alpha value is -1.59. The van der Waals surface area contributed by atoms with Gasteiger partial charge in [0.05, 0.1) is 5.52 Å². The Labute approximate surface area is 86.1 Å². The summed E-state index contributed by atoms with van der Waals surface area (Å²) in [7, 11) is 0. The van der Waals surface area contributed by atoms with Gasteiger partial charge in [-0.2, -0.15) is 0 Å². The van der Waals surface area contributed by atoms with E-state index in [9.17, 15) is 4.79 Å². The fourth-order valence-electron chi connectivity index (χ4n) is 1.47. The van der Waals surface area contributed by atoms with E-state index in [1.54, 1.807) is 12.1 Å². The number of nitrogens with one attached hydrogen (secondary N) is 1. The first-order valence-electron chi connectivity index (χ1n) is 4.72. The highest BCUT2D eigenvalue weighted by molar-refractivity contribution is 5.72. The van der Waals surface area contributed by atoms with Crippen LogP contribution in [0, 0.1) is 0 Å². The summed E-state index contributed by atoms with van der Waals surface area (Å²) in [5.74, 6) is -0.462. The van der Waals surface area contributed by atoms with Crippen LogP contribution in [0.4, 0.5) is 0 Å². The molecule has 80 valence electrons. The van der Waals surface area contributed by atoms with Crippen LogP contribution >= 0.6 is 0 Å². The van der Waals surface area contributed by atoms with Crippen LogP contribution in [-0.2, 0) is 0 Å². The zero-order valence-electron chi connectivity index (χ0n) is 8.36. The van der Waals surface area contributed by atoms with E-state index in [4.69, 9.17) is 15.9 Å². The lowest BCUT2D eigenvalue weighted by atomic mass is 10.0. The molecule has 0 saturated carbocycles. The van der Waals surface area contributed by atoms with Crippen molar-refractivity contribution in [1.29, 1.82) is 0 Å². The molecule has 0 radical (unpaired) electrons. The molecule has 1 aromatic heterocycles. The molecule has 2 atom stereocenters. The van der Waals surface area contributed by atoms with Crippen LogP contribution in [0.15, 0.2) is 27.4 Å². The molecule has 5 N–H and O–H groups in total. The normalized spacial score (nSPS) is 15.4. The molecule has 2 unspecified atom stereocenters. The van der Waals surface area contributed by atoms with Gasteiger partial charge in [-0.1, -0.05) is 6.07 Å². The number of hydrogen-bond donors (Lipinski definition) is 3. The molecule has 0 fully saturated rings. The van der Waals surface area contributed by atoms with Crippen LogP contribution in [0.25, 0.3) is 11.1 Å². The summed E-state index contributed by atoms with van der Waals surface area (Å²) in [6.07, 6.45) is 0. The van der Waals surface area contributed by atoms with E-state index in [0.717, 1.165) is 5.56 Å². The van der Waals surface area contributed by atoms with Gasteiger partial charge < -0.3 is 15.9 Å². The summed E-state index contributed by atoms with van der Waals surface area (Å²) in [6.45, 7) is 1.84. The largest absolute Gasteiger partial charge is 0.417 e. The number of hydrogen-bond acceptors (Lipinski definition) is 4. The van der Waals surface area contributed by atoms with Crippen molar-refractivity contribution < 1.29 is 4.42 Å². The van der Waals surface area contributed by atoms with Gasteiger partial charge in [0.25, 0.3) is 0 Å². The third-order valence-electron chi connectivity index (χ3n) is 2.40. The third kappa shape index (κ3) is 1.79. The molecule has 1 aromatic carbocycles. The van der Waals surface area contributed by atoms with Crippen LogP contribution in [0.3, 0.4) is 0 Å². The number of aromatic amines is 1. The molecule has 0 bridgehead atoms. The van der Waals surface area contributed by atoms with E-state index in [1.807, 2.05) is 13.0 Å². The lowest BCUT2D eigenvalue weighted by molar-refractivity contribution is 0.552. The molecule has 1 heterocycles. The standard InChI is InChI=1S/C10H13N3O2/c1-5(11)9(12)6-2-3-7-8(4-6)15-10(14)13-7/h2-5,9H,11-12H2,1H3,(H,13,14). The minimum absolute atomic E-state index is 0.145. The van der Waals surface area contributed by atoms with Gasteiger partial charge in [-0.3, -0.25) is 4.98 Å². The van der Waals surface area contributed by atoms with Crippen molar-refractivity contribution in [3.05, 3.63) is 34.3 Å². The van der Waals surface area contributed by atoms with Crippen molar-refractivity contribution >= 4 is 11.1 Å². The van der Waals surface area contributed by atoms with Gasteiger partial charge in [-0.15, -0.1) is 0 Å². The Balaban J connectivity index is 2.50. The van der Waals surface area contributed by atoms with Crippen LogP contribution in [0.2, 0.25) is 0 Å². The summed E-state index contributed by atoms with van der Waals surface area (Å²) in [5.41, 5.74) is 13.6. The number of aromatic nitrogens is 1. The maximum Gasteiger partial charge on any atom is 0.417 e. The molecule has 2 rings (SSSR count). The first-order valence-corrected chi connectivity index (χ1v) is 4.72. The van der Waals surface area contributed by atoms with Crippen LogP contribution in [0.5, 0.6) is 0 Å². The summed E-state index contributed by atoms with van der Waals surface area (Å²) < 4.78 is 4.93. The van der Waals surface area contributed by atoms with E-state index in [-0.39, 0.29) is 12.1 Å². The van der Waals surface area contributed by atoms with Crippen LogP contribution in [0.1, 0.15) is 18.5 Å². The van der Waals surface area contributed by atoms with Crippen molar-refractivity contribution in [1.82, 2.24) is 4.98 Å². The Kier molecular flexibility index (Phi) is 2.34. The molecule has 15 heavy (non-hydrogen) atoms. The number of H-pyrrole nitrogens is 1. The molecular formula is C10H13N3O2. The van der Waals surface area contributed by atoms with Gasteiger partial charge in [0.1, 0.15) is 0 Å². The maximum absolute atomic E-state index is 10.9. The zero-order chi connectivity index (χ0) is 11.0. The van der Waals surface area contributed by atoms with Gasteiger partial charge in [0.2, 0.25) is 0 Å². The van der Waals surface area contributed by atoms with E-state index in [2.05, 4.69) is 4.98 Å². The molecular weight excluding hydrogens is 194 g/mol. The van der Waals surface area contributed by atoms with Crippen molar-refractivity contribution in [2.75, 3.05) is 0 Å². The highest BCUT2D eigenvalue weighted by Crippen LogP contribution is 2.18. The van der Waals surface area contributed by atoms with Gasteiger partial charge in [-0.25, -0.2) is 4.79 Å². The minimum atomic E-state index is -0.462. The van der Waals surface area contributed by atoms with E-state index in [0.29, 0.717) is 11.1 Å². The first-order chi connectivity index (χ1) is 7.08. The summed E-state index contributed by atoms with van der Waals surface area (Å²) in [5, 5.41) is 0. The first kappa shape index (κ1) is 9.95. The van der Waals surface area contributed by atoms with Gasteiger partial charge in [0, 0.05) is 12.1 Å². The number of nitrogens with two attached hydrogens (primary N) is 2. The van der Waals surface area contributed by atoms with Crippen LogP contribution < -0.4 is 17.2 Å². The lowest BCUT2D eigenvalue weighted by Crippen LogP contribution is -2.30. The van der Waals surface area contributed by atoms with Crippen molar-refractivity contribution in [2.24, 2.45) is 11.5 Å². The van der Waals surface area contributed by atoms with Crippen molar-refractivity contribution in [3.8, 4) is 0 Å². The van der Waals surface area contributed by atoms with Crippen molar-refractivity contribution in [3.63, 3.8) is 0 Å². The quantitative estimate of drug-likeness (QED) is 0.666. The number of benzene rings is 1. The zero-order valence-corrected chi connectivity index (χ0v) is 8.36. The predicted octanol–water partition coefficient (Wildman–Crippen LogP) is 0.468. The average molecular weight is 207 g/mol. The lowest BCUT2D eigenvalue weighted by Gasteiger charge is -2.15. The minimum Gasteiger partial charge on any atom is -0.408 e. The molecule has 0 aliphatic rings. The molecule has 0 aliphatic carbocycles. The monoisotopic (exact) mass is 207 g/mol. The summed E-state index contributed by atoms with van der Waals surface area (Å²) >= 11 is 0. The Morgan fingerprint density at radius 2 is 2.13 bits per heavy atom. The topological polar surface area (TPSA) is 98.0 Å². The van der Waals surface area contributed by atoms with Gasteiger partial charge in [0.15, 0.2) is 5.58 Å². The fourth-order valence-corrected chi connectivity index (χ4v) is 1.47. The predicted molar refractivity (Wildman–Crippen MR) is 57.4 cm³/mol. The van der Waals surface area contributed by atoms with E-state index < -0.39 is 5.76 Å². The SMILES string of the molecule is CC(N)C(N)c1ccc2[nH]c(=O)oc2c1. The van der Waals surface area contributed by atoms with Gasteiger partial charge in [-0.05, 0) is 24.6 Å². The Morgan fingerprint density at radius 3 is 2.80 bits per heavy atom. The van der Waals surface area contributed by atoms with Crippen LogP contribution in [-0.4, -0.2) is 11.0 Å². The average Bonchev–Trinajstić information content (AvgIpc) is 2.55. The molecule has 0 saturated heterocycles. The number of fused-ring (bicyclic) bond motifs is 1. The molecule has 5 nitrogen and oxygen atoms in total. The van der Waals surface area contributed by atoms with Gasteiger partial charge >= 0.3 is 5.76 Å². The second kappa shape index (κ2) is 3.52. The summed E-state index contributed by atoms with van der Waals surface area (Å²) in [4.78, 5) is 13.5. The molecule has 0 spiro atoms. The molecule has 0 amide bonds. The molecule has 5 heteroatoms. The smallest absolute Gasteiger partial charge is 0.408 e. The summed E-state index contributed by atoms with van der Waals surface area (Å²) in [6, 6.07) is 4.93. The number of rotatable bonds is 2. The number of oxazole rings is 1. The van der Waals surface area contributed by atoms with Crippen molar-refractivity contribution in [2.45, 2.75) is 19.0 Å². The second-order valence-corrected chi connectivity index (χ2v) is 3.66. The third-order valence-corrected chi connectivity index (χ3v) is 2.40.